The van der Waals surface area contributed by atoms with E-state index in [1.165, 1.54) is 23.3 Å². The van der Waals surface area contributed by atoms with Crippen LogP contribution >= 0.6 is 0 Å². The molecule has 0 saturated heterocycles. The van der Waals surface area contributed by atoms with Crippen molar-refractivity contribution in [1.82, 2.24) is 15.1 Å². The summed E-state index contributed by atoms with van der Waals surface area (Å²) >= 11 is 0. The summed E-state index contributed by atoms with van der Waals surface area (Å²) in [4.78, 5) is 9.49. The quantitative estimate of drug-likeness (QED) is 0.238. The van der Waals surface area contributed by atoms with E-state index >= 15 is 0 Å². The fraction of sp³-hybridized carbons (Fsp3) is 0.0938. The highest BCUT2D eigenvalue weighted by Crippen LogP contribution is 2.33. The molecule has 0 bridgehead atoms. The Kier molecular flexibility index (Phi) is 6.03. The molecule has 0 unspecified atom stereocenters. The molecule has 4 nitrogen and oxygen atoms in total. The van der Waals surface area contributed by atoms with Crippen LogP contribution in [0.5, 0.6) is 0 Å². The van der Waals surface area contributed by atoms with Crippen LogP contribution in [0.25, 0.3) is 56.1 Å². The molecule has 0 aliphatic carbocycles. The van der Waals surface area contributed by atoms with E-state index in [1.807, 2.05) is 42.5 Å². The normalized spacial score (nSPS) is 11.2. The highest BCUT2D eigenvalue weighted by molar-refractivity contribution is 5.94. The molecule has 0 aliphatic heterocycles. The van der Waals surface area contributed by atoms with Crippen LogP contribution in [-0.2, 0) is 6.42 Å². The van der Waals surface area contributed by atoms with Crippen LogP contribution in [0.1, 0.15) is 18.9 Å². The Morgan fingerprint density at radius 2 is 1.35 bits per heavy atom. The maximum atomic E-state index is 13.5. The summed E-state index contributed by atoms with van der Waals surface area (Å²) < 4.78 is 19.2. The topological polar surface area (TPSA) is 51.8 Å². The lowest BCUT2D eigenvalue weighted by molar-refractivity contribution is 0.432. The molecule has 6 rings (SSSR count). The van der Waals surface area contributed by atoms with Crippen LogP contribution in [0, 0.1) is 5.82 Å². The third-order valence-corrected chi connectivity index (χ3v) is 6.48. The maximum Gasteiger partial charge on any atom is 0.259 e. The van der Waals surface area contributed by atoms with E-state index in [9.17, 15) is 4.39 Å². The lowest BCUT2D eigenvalue weighted by atomic mass is 10.0. The molecule has 0 atom stereocenters. The number of halogens is 1. The van der Waals surface area contributed by atoms with E-state index in [1.54, 1.807) is 12.1 Å². The Bertz CT molecular complexity index is 1670. The van der Waals surface area contributed by atoms with Gasteiger partial charge in [0.15, 0.2) is 0 Å². The summed E-state index contributed by atoms with van der Waals surface area (Å²) in [5.41, 5.74) is 7.65. The Hall–Kier alpha value is -4.64. The van der Waals surface area contributed by atoms with E-state index < -0.39 is 0 Å². The zero-order valence-electron chi connectivity index (χ0n) is 20.4. The van der Waals surface area contributed by atoms with Crippen molar-refractivity contribution in [3.63, 3.8) is 0 Å². The van der Waals surface area contributed by atoms with Gasteiger partial charge in [0, 0.05) is 16.5 Å². The van der Waals surface area contributed by atoms with Gasteiger partial charge in [-0.2, -0.15) is 4.98 Å². The van der Waals surface area contributed by atoms with Crippen LogP contribution in [-0.4, -0.2) is 15.1 Å². The molecular weight excluding hydrogens is 461 g/mol. The van der Waals surface area contributed by atoms with Crippen LogP contribution in [0.3, 0.4) is 0 Å². The predicted octanol–water partition coefficient (Wildman–Crippen LogP) is 8.38. The van der Waals surface area contributed by atoms with Crippen molar-refractivity contribution < 1.29 is 8.91 Å². The Morgan fingerprint density at radius 3 is 2.08 bits per heavy atom. The maximum absolute atomic E-state index is 13.5. The smallest absolute Gasteiger partial charge is 0.259 e. The molecule has 0 amide bonds. The van der Waals surface area contributed by atoms with Gasteiger partial charge < -0.3 is 4.52 Å². The first-order chi connectivity index (χ1) is 18.2. The summed E-state index contributed by atoms with van der Waals surface area (Å²) in [5.74, 6) is 0.641. The fourth-order valence-electron chi connectivity index (χ4n) is 4.54. The Balaban J connectivity index is 1.33. The molecule has 0 fully saturated rings. The zero-order chi connectivity index (χ0) is 25.2. The van der Waals surface area contributed by atoms with Crippen molar-refractivity contribution in [2.75, 3.05) is 0 Å². The SMILES string of the molecule is CCCc1ccc(-c2ccc(-c3noc(-c4cc(-c5ccc(F)cc5)nc5ccccc45)n3)cc2)cc1. The highest BCUT2D eigenvalue weighted by atomic mass is 19.1. The lowest BCUT2D eigenvalue weighted by Crippen LogP contribution is -1.90. The van der Waals surface area contributed by atoms with Crippen molar-refractivity contribution in [3.05, 3.63) is 115 Å². The summed E-state index contributed by atoms with van der Waals surface area (Å²) in [5, 5.41) is 5.17. The molecule has 0 aliphatic rings. The van der Waals surface area contributed by atoms with Crippen molar-refractivity contribution in [3.8, 4) is 45.2 Å². The van der Waals surface area contributed by atoms with Gasteiger partial charge in [0.05, 0.1) is 16.8 Å². The average Bonchev–Trinajstić information content (AvgIpc) is 3.44. The second-order valence-corrected chi connectivity index (χ2v) is 9.03. The van der Waals surface area contributed by atoms with E-state index in [0.29, 0.717) is 17.4 Å². The number of hydrogen-bond donors (Lipinski definition) is 0. The molecule has 180 valence electrons. The first kappa shape index (κ1) is 22.8. The summed E-state index contributed by atoms with van der Waals surface area (Å²) in [6.07, 6.45) is 2.24. The number of nitrogens with zero attached hydrogens (tertiary/aromatic N) is 3. The fourth-order valence-corrected chi connectivity index (χ4v) is 4.54. The van der Waals surface area contributed by atoms with Crippen molar-refractivity contribution >= 4 is 10.9 Å². The highest BCUT2D eigenvalue weighted by Gasteiger charge is 2.16. The predicted molar refractivity (Wildman–Crippen MR) is 145 cm³/mol. The standard InChI is InChI=1S/C32H24FN3O/c1-2-5-21-8-10-22(11-9-21)23-12-14-25(15-13-23)31-35-32(37-36-31)28-20-30(24-16-18-26(33)19-17-24)34-29-7-4-3-6-27(28)29/h3-4,6-20H,2,5H2,1H3. The van der Waals surface area contributed by atoms with Crippen LogP contribution < -0.4 is 0 Å². The molecule has 5 heteroatoms. The van der Waals surface area contributed by atoms with Gasteiger partial charge in [-0.25, -0.2) is 9.37 Å². The second-order valence-electron chi connectivity index (χ2n) is 9.03. The zero-order valence-corrected chi connectivity index (χ0v) is 20.4. The summed E-state index contributed by atoms with van der Waals surface area (Å²) in [6, 6.07) is 32.9. The molecule has 0 spiro atoms. The lowest BCUT2D eigenvalue weighted by Gasteiger charge is -2.07. The monoisotopic (exact) mass is 485 g/mol. The first-order valence-electron chi connectivity index (χ1n) is 12.4. The number of rotatable bonds is 6. The van der Waals surface area contributed by atoms with Crippen LogP contribution in [0.4, 0.5) is 4.39 Å². The van der Waals surface area contributed by atoms with E-state index in [2.05, 4.69) is 48.5 Å². The number of para-hydroxylation sites is 1. The number of fused-ring (bicyclic) bond motifs is 1. The van der Waals surface area contributed by atoms with Gasteiger partial charge in [-0.05, 0) is 59.5 Å². The Morgan fingerprint density at radius 1 is 0.703 bits per heavy atom. The number of benzene rings is 4. The van der Waals surface area contributed by atoms with Crippen molar-refractivity contribution in [2.24, 2.45) is 0 Å². The minimum atomic E-state index is -0.286. The van der Waals surface area contributed by atoms with Gasteiger partial charge in [0.1, 0.15) is 5.82 Å². The Labute approximate surface area is 214 Å². The van der Waals surface area contributed by atoms with Gasteiger partial charge in [0.2, 0.25) is 5.82 Å². The van der Waals surface area contributed by atoms with Gasteiger partial charge in [-0.15, -0.1) is 0 Å². The molecular formula is C32H24FN3O. The summed E-state index contributed by atoms with van der Waals surface area (Å²) in [7, 11) is 0. The van der Waals surface area contributed by atoms with Crippen molar-refractivity contribution in [1.29, 1.82) is 0 Å². The number of aromatic nitrogens is 3. The molecule has 6 aromatic rings. The van der Waals surface area contributed by atoms with Gasteiger partial charge >= 0.3 is 0 Å². The van der Waals surface area contributed by atoms with Crippen LogP contribution in [0.2, 0.25) is 0 Å². The molecule has 0 radical (unpaired) electrons. The number of aryl methyl sites for hydroxylation is 1. The van der Waals surface area contributed by atoms with E-state index in [-0.39, 0.29) is 5.82 Å². The van der Waals surface area contributed by atoms with Gasteiger partial charge in [0.25, 0.3) is 5.89 Å². The molecule has 4 aromatic carbocycles. The van der Waals surface area contributed by atoms with Crippen molar-refractivity contribution in [2.45, 2.75) is 19.8 Å². The number of hydrogen-bond acceptors (Lipinski definition) is 4. The molecule has 0 saturated carbocycles. The number of pyridine rings is 1. The van der Waals surface area contributed by atoms with Gasteiger partial charge in [-0.3, -0.25) is 0 Å². The third kappa shape index (κ3) is 4.64. The average molecular weight is 486 g/mol. The van der Waals surface area contributed by atoms with Crippen LogP contribution in [0.15, 0.2) is 108 Å². The second kappa shape index (κ2) is 9.78. The molecule has 2 heterocycles. The first-order valence-corrected chi connectivity index (χ1v) is 12.4. The molecule has 0 N–H and O–H groups in total. The molecule has 37 heavy (non-hydrogen) atoms. The van der Waals surface area contributed by atoms with E-state index in [4.69, 9.17) is 14.5 Å². The van der Waals surface area contributed by atoms with E-state index in [0.717, 1.165) is 46.0 Å². The largest absolute Gasteiger partial charge is 0.334 e. The van der Waals surface area contributed by atoms with Gasteiger partial charge in [-0.1, -0.05) is 85.2 Å². The molecule has 2 aromatic heterocycles. The minimum absolute atomic E-state index is 0.286. The minimum Gasteiger partial charge on any atom is -0.334 e. The third-order valence-electron chi connectivity index (χ3n) is 6.48. The summed E-state index contributed by atoms with van der Waals surface area (Å²) in [6.45, 7) is 2.19.